The second kappa shape index (κ2) is 6.08. The SMILES string of the molecule is CN1CCCC(CNc2ccc(Cl)c(C#N)c2)C1. The molecule has 0 aliphatic carbocycles. The molecule has 1 aromatic rings. The lowest BCUT2D eigenvalue weighted by molar-refractivity contribution is 0.217. The van der Waals surface area contributed by atoms with Crippen LogP contribution in [0.2, 0.25) is 5.02 Å². The van der Waals surface area contributed by atoms with Crippen molar-refractivity contribution in [3.8, 4) is 6.07 Å². The Morgan fingerprint density at radius 3 is 3.11 bits per heavy atom. The maximum absolute atomic E-state index is 8.93. The predicted molar refractivity (Wildman–Crippen MR) is 74.9 cm³/mol. The predicted octanol–water partition coefficient (Wildman–Crippen LogP) is 2.97. The highest BCUT2D eigenvalue weighted by atomic mass is 35.5. The first-order valence-electron chi connectivity index (χ1n) is 6.31. The zero-order valence-electron chi connectivity index (χ0n) is 10.6. The third-order valence-corrected chi connectivity index (χ3v) is 3.73. The molecule has 0 aromatic heterocycles. The van der Waals surface area contributed by atoms with Gasteiger partial charge in [0, 0.05) is 18.8 Å². The van der Waals surface area contributed by atoms with E-state index >= 15 is 0 Å². The number of nitriles is 1. The summed E-state index contributed by atoms with van der Waals surface area (Å²) in [5, 5.41) is 12.8. The normalized spacial score (nSPS) is 20.4. The number of halogens is 1. The Kier molecular flexibility index (Phi) is 4.46. The first kappa shape index (κ1) is 13.2. The second-order valence-corrected chi connectivity index (χ2v) is 5.37. The van der Waals surface area contributed by atoms with E-state index in [0.29, 0.717) is 16.5 Å². The van der Waals surface area contributed by atoms with Crippen LogP contribution >= 0.6 is 11.6 Å². The standard InChI is InChI=1S/C14H18ClN3/c1-18-6-2-3-11(10-18)9-17-13-4-5-14(15)12(7-13)8-16/h4-5,7,11,17H,2-3,6,9-10H2,1H3. The quantitative estimate of drug-likeness (QED) is 0.911. The van der Waals surface area contributed by atoms with E-state index < -0.39 is 0 Å². The van der Waals surface area contributed by atoms with Crippen LogP contribution in [0.4, 0.5) is 5.69 Å². The average molecular weight is 264 g/mol. The Balaban J connectivity index is 1.92. The summed E-state index contributed by atoms with van der Waals surface area (Å²) < 4.78 is 0. The maximum Gasteiger partial charge on any atom is 0.101 e. The molecule has 1 saturated heterocycles. The van der Waals surface area contributed by atoms with E-state index in [2.05, 4.69) is 23.3 Å². The van der Waals surface area contributed by atoms with E-state index in [1.165, 1.54) is 19.4 Å². The van der Waals surface area contributed by atoms with Crippen molar-refractivity contribution in [3.63, 3.8) is 0 Å². The minimum Gasteiger partial charge on any atom is -0.385 e. The van der Waals surface area contributed by atoms with Crippen LogP contribution < -0.4 is 5.32 Å². The van der Waals surface area contributed by atoms with Gasteiger partial charge in [-0.25, -0.2) is 0 Å². The number of hydrogen-bond donors (Lipinski definition) is 1. The van der Waals surface area contributed by atoms with Crippen molar-refractivity contribution in [1.82, 2.24) is 4.90 Å². The topological polar surface area (TPSA) is 39.1 Å². The molecular weight excluding hydrogens is 246 g/mol. The summed E-state index contributed by atoms with van der Waals surface area (Å²) in [6, 6.07) is 7.61. The van der Waals surface area contributed by atoms with Gasteiger partial charge in [0.1, 0.15) is 6.07 Å². The Hall–Kier alpha value is -1.24. The van der Waals surface area contributed by atoms with Gasteiger partial charge < -0.3 is 10.2 Å². The summed E-state index contributed by atoms with van der Waals surface area (Å²) in [4.78, 5) is 2.37. The van der Waals surface area contributed by atoms with Crippen molar-refractivity contribution in [1.29, 1.82) is 5.26 Å². The molecule has 0 bridgehead atoms. The molecule has 1 unspecified atom stereocenters. The summed E-state index contributed by atoms with van der Waals surface area (Å²) >= 11 is 5.91. The van der Waals surface area contributed by atoms with E-state index in [9.17, 15) is 0 Å². The number of anilines is 1. The molecule has 1 aromatic carbocycles. The molecule has 0 saturated carbocycles. The van der Waals surface area contributed by atoms with Crippen molar-refractivity contribution in [2.24, 2.45) is 5.92 Å². The van der Waals surface area contributed by atoms with Gasteiger partial charge >= 0.3 is 0 Å². The van der Waals surface area contributed by atoms with Gasteiger partial charge in [0.15, 0.2) is 0 Å². The Morgan fingerprint density at radius 1 is 1.56 bits per heavy atom. The average Bonchev–Trinajstić information content (AvgIpc) is 2.38. The Labute approximate surface area is 113 Å². The van der Waals surface area contributed by atoms with Crippen molar-refractivity contribution in [2.75, 3.05) is 32.0 Å². The summed E-state index contributed by atoms with van der Waals surface area (Å²) in [6.07, 6.45) is 2.54. The van der Waals surface area contributed by atoms with Crippen molar-refractivity contribution in [3.05, 3.63) is 28.8 Å². The molecule has 1 aliphatic rings. The summed E-state index contributed by atoms with van der Waals surface area (Å²) in [7, 11) is 2.17. The Bertz CT molecular complexity index is 453. The van der Waals surface area contributed by atoms with Crippen LogP contribution in [0.3, 0.4) is 0 Å². The number of nitrogens with one attached hydrogen (secondary N) is 1. The third-order valence-electron chi connectivity index (χ3n) is 3.40. The molecule has 2 rings (SSSR count). The maximum atomic E-state index is 8.93. The first-order valence-corrected chi connectivity index (χ1v) is 6.69. The Morgan fingerprint density at radius 2 is 2.39 bits per heavy atom. The fourth-order valence-corrected chi connectivity index (χ4v) is 2.58. The molecule has 0 amide bonds. The molecule has 1 aliphatic heterocycles. The molecule has 3 nitrogen and oxygen atoms in total. The summed E-state index contributed by atoms with van der Waals surface area (Å²) in [5.41, 5.74) is 1.51. The molecular formula is C14H18ClN3. The van der Waals surface area contributed by atoms with E-state index in [1.54, 1.807) is 6.07 Å². The van der Waals surface area contributed by atoms with Gasteiger partial charge in [-0.2, -0.15) is 5.26 Å². The monoisotopic (exact) mass is 263 g/mol. The lowest BCUT2D eigenvalue weighted by Crippen LogP contribution is -2.35. The molecule has 4 heteroatoms. The van der Waals surface area contributed by atoms with E-state index in [4.69, 9.17) is 16.9 Å². The highest BCUT2D eigenvalue weighted by molar-refractivity contribution is 6.31. The van der Waals surface area contributed by atoms with Crippen molar-refractivity contribution >= 4 is 17.3 Å². The van der Waals surface area contributed by atoms with Crippen LogP contribution in [-0.4, -0.2) is 31.6 Å². The van der Waals surface area contributed by atoms with Gasteiger partial charge in [-0.05, 0) is 50.6 Å². The number of nitrogens with zero attached hydrogens (tertiary/aromatic N) is 2. The van der Waals surface area contributed by atoms with Crippen molar-refractivity contribution < 1.29 is 0 Å². The highest BCUT2D eigenvalue weighted by Crippen LogP contribution is 2.21. The molecule has 18 heavy (non-hydrogen) atoms. The third kappa shape index (κ3) is 3.38. The number of hydrogen-bond acceptors (Lipinski definition) is 3. The van der Waals surface area contributed by atoms with Crippen LogP contribution in [0.25, 0.3) is 0 Å². The van der Waals surface area contributed by atoms with Crippen molar-refractivity contribution in [2.45, 2.75) is 12.8 Å². The lowest BCUT2D eigenvalue weighted by Gasteiger charge is -2.30. The van der Waals surface area contributed by atoms with Gasteiger partial charge in [-0.3, -0.25) is 0 Å². The fraction of sp³-hybridized carbons (Fsp3) is 0.500. The van der Waals surface area contributed by atoms with Gasteiger partial charge in [-0.15, -0.1) is 0 Å². The van der Waals surface area contributed by atoms with Crippen LogP contribution in [0.5, 0.6) is 0 Å². The highest BCUT2D eigenvalue weighted by Gasteiger charge is 2.16. The number of rotatable bonds is 3. The summed E-state index contributed by atoms with van der Waals surface area (Å²) in [6.45, 7) is 3.30. The molecule has 1 fully saturated rings. The number of likely N-dealkylation sites (tertiary alicyclic amines) is 1. The van der Waals surface area contributed by atoms with Gasteiger partial charge in [-0.1, -0.05) is 11.6 Å². The zero-order chi connectivity index (χ0) is 13.0. The molecule has 1 heterocycles. The van der Waals surface area contributed by atoms with Crippen LogP contribution in [-0.2, 0) is 0 Å². The van der Waals surface area contributed by atoms with E-state index in [0.717, 1.165) is 18.8 Å². The molecule has 96 valence electrons. The fourth-order valence-electron chi connectivity index (χ4n) is 2.42. The second-order valence-electron chi connectivity index (χ2n) is 4.96. The van der Waals surface area contributed by atoms with E-state index in [1.807, 2.05) is 12.1 Å². The van der Waals surface area contributed by atoms with Crippen LogP contribution in [0.15, 0.2) is 18.2 Å². The molecule has 0 radical (unpaired) electrons. The summed E-state index contributed by atoms with van der Waals surface area (Å²) in [5.74, 6) is 0.685. The van der Waals surface area contributed by atoms with Gasteiger partial charge in [0.25, 0.3) is 0 Å². The lowest BCUT2D eigenvalue weighted by atomic mass is 9.98. The van der Waals surface area contributed by atoms with Gasteiger partial charge in [0.2, 0.25) is 0 Å². The van der Waals surface area contributed by atoms with Crippen LogP contribution in [0, 0.1) is 17.2 Å². The zero-order valence-corrected chi connectivity index (χ0v) is 11.4. The smallest absolute Gasteiger partial charge is 0.101 e. The molecule has 0 spiro atoms. The molecule has 1 N–H and O–H groups in total. The van der Waals surface area contributed by atoms with E-state index in [-0.39, 0.29) is 0 Å². The van der Waals surface area contributed by atoms with Crippen LogP contribution in [0.1, 0.15) is 18.4 Å². The number of benzene rings is 1. The first-order chi connectivity index (χ1) is 8.69. The van der Waals surface area contributed by atoms with Gasteiger partial charge in [0.05, 0.1) is 10.6 Å². The minimum absolute atomic E-state index is 0.514. The largest absolute Gasteiger partial charge is 0.385 e. The number of piperidine rings is 1. The molecule has 1 atom stereocenters. The minimum atomic E-state index is 0.514.